The number of aliphatic hydroxyl groups is 1. The van der Waals surface area contributed by atoms with Crippen LogP contribution < -0.4 is 16.6 Å². The fourth-order valence-corrected chi connectivity index (χ4v) is 4.09. The molecule has 0 spiro atoms. The lowest BCUT2D eigenvalue weighted by Gasteiger charge is -2.24. The summed E-state index contributed by atoms with van der Waals surface area (Å²) in [7, 11) is 0. The first-order valence-corrected chi connectivity index (χ1v) is 9.48. The monoisotopic (exact) mass is 365 g/mol. The molecule has 1 aromatic rings. The van der Waals surface area contributed by atoms with Crippen molar-refractivity contribution in [2.45, 2.75) is 70.0 Å². The first kappa shape index (κ1) is 18.8. The van der Waals surface area contributed by atoms with Gasteiger partial charge in [-0.1, -0.05) is 19.3 Å². The Hall–Kier alpha value is -1.93. The van der Waals surface area contributed by atoms with Crippen molar-refractivity contribution in [1.82, 2.24) is 14.9 Å². The number of rotatable bonds is 6. The topological polar surface area (TPSA) is 113 Å². The highest BCUT2D eigenvalue weighted by atomic mass is 16.5. The van der Waals surface area contributed by atoms with Crippen LogP contribution >= 0.6 is 0 Å². The molecule has 1 fully saturated rings. The maximum Gasteiger partial charge on any atom is 0.328 e. The Kier molecular flexibility index (Phi) is 5.93. The highest BCUT2D eigenvalue weighted by molar-refractivity contribution is 5.76. The molecule has 2 aliphatic rings. The quantitative estimate of drug-likeness (QED) is 0.634. The van der Waals surface area contributed by atoms with E-state index in [2.05, 4.69) is 10.3 Å². The Bertz CT molecular complexity index is 763. The number of H-pyrrole nitrogens is 1. The molecule has 0 radical (unpaired) electrons. The van der Waals surface area contributed by atoms with Crippen molar-refractivity contribution in [3.8, 4) is 0 Å². The zero-order chi connectivity index (χ0) is 18.7. The minimum Gasteiger partial charge on any atom is -0.465 e. The van der Waals surface area contributed by atoms with E-state index in [1.807, 2.05) is 0 Å². The van der Waals surface area contributed by atoms with E-state index in [0.29, 0.717) is 24.1 Å². The predicted molar refractivity (Wildman–Crippen MR) is 95.1 cm³/mol. The predicted octanol–water partition coefficient (Wildman–Crippen LogP) is 0.543. The van der Waals surface area contributed by atoms with Crippen molar-refractivity contribution in [3.05, 3.63) is 32.1 Å². The van der Waals surface area contributed by atoms with Crippen LogP contribution in [0.4, 0.5) is 0 Å². The number of hydrogen-bond donors (Lipinski definition) is 3. The molecule has 3 rings (SSSR count). The Morgan fingerprint density at radius 2 is 2.04 bits per heavy atom. The van der Waals surface area contributed by atoms with Gasteiger partial charge in [-0.2, -0.15) is 0 Å². The number of hydrogen-bond acceptors (Lipinski definition) is 6. The van der Waals surface area contributed by atoms with E-state index in [-0.39, 0.29) is 29.9 Å². The van der Waals surface area contributed by atoms with E-state index in [0.717, 1.165) is 32.1 Å². The van der Waals surface area contributed by atoms with E-state index in [9.17, 15) is 19.5 Å². The van der Waals surface area contributed by atoms with E-state index in [4.69, 9.17) is 4.74 Å². The van der Waals surface area contributed by atoms with Crippen LogP contribution in [0.25, 0.3) is 0 Å². The zero-order valence-electron chi connectivity index (χ0n) is 15.1. The number of esters is 1. The number of fused-ring (bicyclic) bond motifs is 1. The molecule has 2 aliphatic carbocycles. The molecule has 1 aromatic heterocycles. The first-order chi connectivity index (χ1) is 12.6. The SMILES string of the molecule is CCOC(=O)C(CO)NC1CCc2c1[nH]c(=O)n(C1CCCCC1)c2=O. The Labute approximate surface area is 151 Å². The molecule has 1 heterocycles. The number of aromatic nitrogens is 2. The Balaban J connectivity index is 1.86. The fourth-order valence-electron chi connectivity index (χ4n) is 4.09. The number of nitrogens with zero attached hydrogens (tertiary/aromatic N) is 1. The van der Waals surface area contributed by atoms with Crippen LogP contribution in [0.1, 0.15) is 68.8 Å². The summed E-state index contributed by atoms with van der Waals surface area (Å²) < 4.78 is 6.32. The van der Waals surface area contributed by atoms with Crippen molar-refractivity contribution in [2.75, 3.05) is 13.2 Å². The maximum absolute atomic E-state index is 12.9. The molecule has 0 amide bonds. The molecular formula is C18H27N3O5. The fraction of sp³-hybridized carbons (Fsp3) is 0.722. The summed E-state index contributed by atoms with van der Waals surface area (Å²) in [6, 6.07) is -1.26. The summed E-state index contributed by atoms with van der Waals surface area (Å²) in [5.41, 5.74) is 0.547. The molecule has 26 heavy (non-hydrogen) atoms. The van der Waals surface area contributed by atoms with Crippen LogP contribution in [0.2, 0.25) is 0 Å². The van der Waals surface area contributed by atoms with Gasteiger partial charge in [0.25, 0.3) is 5.56 Å². The van der Waals surface area contributed by atoms with Gasteiger partial charge < -0.3 is 14.8 Å². The third kappa shape index (κ3) is 3.61. The molecule has 0 saturated heterocycles. The van der Waals surface area contributed by atoms with Crippen LogP contribution in [-0.4, -0.2) is 39.9 Å². The number of carbonyl (C=O) groups excluding carboxylic acids is 1. The molecule has 3 N–H and O–H groups in total. The lowest BCUT2D eigenvalue weighted by atomic mass is 9.95. The number of aliphatic hydroxyl groups excluding tert-OH is 1. The highest BCUT2D eigenvalue weighted by Crippen LogP contribution is 2.29. The molecule has 0 bridgehead atoms. The second kappa shape index (κ2) is 8.18. The van der Waals surface area contributed by atoms with E-state index < -0.39 is 18.6 Å². The number of nitrogens with one attached hydrogen (secondary N) is 2. The van der Waals surface area contributed by atoms with Crippen LogP contribution in [-0.2, 0) is 16.0 Å². The standard InChI is InChI=1S/C18H27N3O5/c1-2-26-17(24)14(10-22)19-13-9-8-12-15(13)20-18(25)21(16(12)23)11-6-4-3-5-7-11/h11,13-14,19,22H,2-10H2,1H3,(H,20,25). The van der Waals surface area contributed by atoms with Crippen molar-refractivity contribution in [3.63, 3.8) is 0 Å². The summed E-state index contributed by atoms with van der Waals surface area (Å²) in [6.07, 6.45) is 6.07. The van der Waals surface area contributed by atoms with Crippen LogP contribution in [0.3, 0.4) is 0 Å². The summed E-state index contributed by atoms with van der Waals surface area (Å²) >= 11 is 0. The van der Waals surface area contributed by atoms with Gasteiger partial charge in [0.1, 0.15) is 6.04 Å². The largest absolute Gasteiger partial charge is 0.465 e. The van der Waals surface area contributed by atoms with E-state index in [1.54, 1.807) is 6.92 Å². The maximum atomic E-state index is 12.9. The van der Waals surface area contributed by atoms with Crippen molar-refractivity contribution < 1.29 is 14.6 Å². The Morgan fingerprint density at radius 1 is 1.31 bits per heavy atom. The minimum absolute atomic E-state index is 0.0259. The smallest absolute Gasteiger partial charge is 0.328 e. The van der Waals surface area contributed by atoms with Gasteiger partial charge in [0.05, 0.1) is 13.2 Å². The third-order valence-electron chi connectivity index (χ3n) is 5.39. The second-order valence-corrected chi connectivity index (χ2v) is 7.03. The summed E-state index contributed by atoms with van der Waals surface area (Å²) in [4.78, 5) is 40.2. The van der Waals surface area contributed by atoms with E-state index in [1.165, 1.54) is 4.57 Å². The third-order valence-corrected chi connectivity index (χ3v) is 5.39. The van der Waals surface area contributed by atoms with Gasteiger partial charge in [-0.05, 0) is 32.6 Å². The summed E-state index contributed by atoms with van der Waals surface area (Å²) in [5.74, 6) is -0.540. The number of carbonyl (C=O) groups is 1. The zero-order valence-corrected chi connectivity index (χ0v) is 15.1. The number of aromatic amines is 1. The second-order valence-electron chi connectivity index (χ2n) is 7.03. The van der Waals surface area contributed by atoms with Gasteiger partial charge in [-0.15, -0.1) is 0 Å². The van der Waals surface area contributed by atoms with E-state index >= 15 is 0 Å². The van der Waals surface area contributed by atoms with Crippen molar-refractivity contribution in [1.29, 1.82) is 0 Å². The lowest BCUT2D eigenvalue weighted by Crippen LogP contribution is -2.44. The van der Waals surface area contributed by atoms with Crippen LogP contribution in [0, 0.1) is 0 Å². The van der Waals surface area contributed by atoms with Gasteiger partial charge in [-0.25, -0.2) is 4.79 Å². The molecule has 0 aromatic carbocycles. The minimum atomic E-state index is -0.879. The summed E-state index contributed by atoms with van der Waals surface area (Å²) in [6.45, 7) is 1.51. The van der Waals surface area contributed by atoms with Crippen molar-refractivity contribution >= 4 is 5.97 Å². The molecule has 1 saturated carbocycles. The lowest BCUT2D eigenvalue weighted by molar-refractivity contribution is -0.147. The van der Waals surface area contributed by atoms with Crippen LogP contribution in [0.15, 0.2) is 9.59 Å². The van der Waals surface area contributed by atoms with Crippen LogP contribution in [0.5, 0.6) is 0 Å². The molecule has 2 unspecified atom stereocenters. The molecule has 0 aliphatic heterocycles. The number of ether oxygens (including phenoxy) is 1. The molecule has 8 nitrogen and oxygen atoms in total. The highest BCUT2D eigenvalue weighted by Gasteiger charge is 2.32. The van der Waals surface area contributed by atoms with Gasteiger partial charge in [0.2, 0.25) is 0 Å². The molecule has 8 heteroatoms. The average molecular weight is 365 g/mol. The first-order valence-electron chi connectivity index (χ1n) is 9.48. The Morgan fingerprint density at radius 3 is 2.69 bits per heavy atom. The van der Waals surface area contributed by atoms with Gasteiger partial charge in [0.15, 0.2) is 0 Å². The van der Waals surface area contributed by atoms with Gasteiger partial charge >= 0.3 is 11.7 Å². The normalized spacial score (nSPS) is 21.4. The van der Waals surface area contributed by atoms with Gasteiger partial charge in [0, 0.05) is 23.3 Å². The van der Waals surface area contributed by atoms with Gasteiger partial charge in [-0.3, -0.25) is 19.5 Å². The molecule has 2 atom stereocenters. The molecular weight excluding hydrogens is 338 g/mol. The van der Waals surface area contributed by atoms with Crippen molar-refractivity contribution in [2.24, 2.45) is 0 Å². The average Bonchev–Trinajstić information content (AvgIpc) is 3.03. The molecule has 144 valence electrons. The summed E-state index contributed by atoms with van der Waals surface area (Å²) in [5, 5.41) is 12.5.